The Morgan fingerprint density at radius 2 is 1.96 bits per heavy atom. The molecule has 0 saturated heterocycles. The molecular formula is C21H20Cl2N4O. The van der Waals surface area contributed by atoms with Gasteiger partial charge in [-0.15, -0.1) is 0 Å². The number of rotatable bonds is 5. The van der Waals surface area contributed by atoms with Crippen molar-refractivity contribution in [1.82, 2.24) is 14.5 Å². The zero-order chi connectivity index (χ0) is 20.3. The average Bonchev–Trinajstić information content (AvgIpc) is 2.67. The summed E-state index contributed by atoms with van der Waals surface area (Å²) in [4.78, 5) is 21.9. The molecule has 3 rings (SSSR count). The molecule has 1 aromatic carbocycles. The van der Waals surface area contributed by atoms with Crippen LogP contribution >= 0.6 is 23.2 Å². The largest absolute Gasteiger partial charge is 0.324 e. The highest BCUT2D eigenvalue weighted by Gasteiger charge is 2.17. The summed E-state index contributed by atoms with van der Waals surface area (Å²) in [5, 5.41) is 4.76. The lowest BCUT2D eigenvalue weighted by Gasteiger charge is -2.13. The van der Waals surface area contributed by atoms with Crippen LogP contribution in [0.1, 0.15) is 25.8 Å². The molecule has 0 bridgehead atoms. The number of halogens is 2. The molecule has 0 radical (unpaired) electrons. The third-order valence-electron chi connectivity index (χ3n) is 4.21. The highest BCUT2D eigenvalue weighted by atomic mass is 35.5. The Bertz CT molecular complexity index is 1130. The lowest BCUT2D eigenvalue weighted by Crippen LogP contribution is -2.22. The number of hydrogen-bond acceptors (Lipinski definition) is 4. The van der Waals surface area contributed by atoms with E-state index >= 15 is 0 Å². The van der Waals surface area contributed by atoms with Crippen LogP contribution in [0.5, 0.6) is 0 Å². The zero-order valence-electron chi connectivity index (χ0n) is 15.8. The fourth-order valence-electron chi connectivity index (χ4n) is 2.90. The number of nitrogens with one attached hydrogen (secondary N) is 1. The lowest BCUT2D eigenvalue weighted by atomic mass is 10.0. The number of nitrogens with zero attached hydrogens (tertiary/aromatic N) is 3. The molecular weight excluding hydrogens is 395 g/mol. The molecule has 1 N–H and O–H groups in total. The lowest BCUT2D eigenvalue weighted by molar-refractivity contribution is 0.880. The number of para-hydroxylation sites is 1. The average molecular weight is 415 g/mol. The third kappa shape index (κ3) is 4.11. The number of pyridine rings is 1. The summed E-state index contributed by atoms with van der Waals surface area (Å²) in [7, 11) is 1.67. The molecule has 144 valence electrons. The molecule has 0 saturated carbocycles. The van der Waals surface area contributed by atoms with Crippen molar-refractivity contribution in [2.45, 2.75) is 20.3 Å². The molecule has 0 atom stereocenters. The molecule has 0 aliphatic heterocycles. The van der Waals surface area contributed by atoms with Crippen LogP contribution < -0.4 is 10.9 Å². The van der Waals surface area contributed by atoms with Gasteiger partial charge >= 0.3 is 0 Å². The minimum atomic E-state index is -0.227. The molecule has 0 aliphatic rings. The van der Waals surface area contributed by atoms with Gasteiger partial charge in [-0.3, -0.25) is 9.36 Å². The van der Waals surface area contributed by atoms with Crippen LogP contribution in [0, 0.1) is 0 Å². The first-order valence-electron chi connectivity index (χ1n) is 8.84. The minimum Gasteiger partial charge on any atom is -0.324 e. The monoisotopic (exact) mass is 414 g/mol. The van der Waals surface area contributed by atoms with Crippen LogP contribution in [0.25, 0.3) is 16.6 Å². The Hall–Kier alpha value is -2.63. The molecule has 2 heterocycles. The van der Waals surface area contributed by atoms with Gasteiger partial charge < -0.3 is 5.32 Å². The van der Waals surface area contributed by atoms with E-state index in [0.717, 1.165) is 12.1 Å². The van der Waals surface area contributed by atoms with E-state index in [-0.39, 0.29) is 5.56 Å². The Kier molecular flexibility index (Phi) is 6.17. The number of hydrogen-bond donors (Lipinski definition) is 1. The van der Waals surface area contributed by atoms with Gasteiger partial charge in [0.05, 0.1) is 5.56 Å². The maximum Gasteiger partial charge on any atom is 0.259 e. The number of fused-ring (bicyclic) bond motifs is 1. The van der Waals surface area contributed by atoms with E-state index < -0.39 is 0 Å². The van der Waals surface area contributed by atoms with Crippen LogP contribution in [0.15, 0.2) is 63.5 Å². The second kappa shape index (κ2) is 8.59. The van der Waals surface area contributed by atoms with Crippen molar-refractivity contribution in [2.75, 3.05) is 5.32 Å². The van der Waals surface area contributed by atoms with E-state index in [1.807, 2.05) is 43.3 Å². The van der Waals surface area contributed by atoms with Crippen LogP contribution in [0.3, 0.4) is 0 Å². The second-order valence-corrected chi connectivity index (χ2v) is 7.23. The van der Waals surface area contributed by atoms with Crippen LogP contribution in [-0.4, -0.2) is 14.5 Å². The molecule has 28 heavy (non-hydrogen) atoms. The quantitative estimate of drug-likeness (QED) is 0.553. The fraction of sp³-hybridized carbons (Fsp3) is 0.190. The molecule has 0 spiro atoms. The number of benzene rings is 1. The first-order chi connectivity index (χ1) is 13.4. The van der Waals surface area contributed by atoms with Crippen molar-refractivity contribution in [1.29, 1.82) is 0 Å². The summed E-state index contributed by atoms with van der Waals surface area (Å²) in [5.74, 6) is 0.412. The van der Waals surface area contributed by atoms with E-state index in [0.29, 0.717) is 38.2 Å². The first kappa shape index (κ1) is 20.1. The zero-order valence-corrected chi connectivity index (χ0v) is 17.3. The van der Waals surface area contributed by atoms with Crippen molar-refractivity contribution in [3.8, 4) is 0 Å². The van der Waals surface area contributed by atoms with Gasteiger partial charge in [-0.25, -0.2) is 4.98 Å². The van der Waals surface area contributed by atoms with Gasteiger partial charge in [0.15, 0.2) is 0 Å². The van der Waals surface area contributed by atoms with Crippen molar-refractivity contribution in [2.24, 2.45) is 7.05 Å². The standard InChI is InChI=1S/C21H20Cl2N4O/c1-4-8-17(23)18(13(2)22)16-11-14-12-24-21(25-15-9-6-5-7-10-15)26-19(14)27(3)20(16)28/h5-12H,4H2,1-3H3,(H,24,25,26)/b17-8+,18-13+. The number of aromatic nitrogens is 3. The van der Waals surface area contributed by atoms with Gasteiger partial charge in [0.25, 0.3) is 5.56 Å². The van der Waals surface area contributed by atoms with Gasteiger partial charge in [-0.1, -0.05) is 54.4 Å². The number of aryl methyl sites for hydroxylation is 1. The van der Waals surface area contributed by atoms with E-state index in [1.165, 1.54) is 4.57 Å². The summed E-state index contributed by atoms with van der Waals surface area (Å²) in [5.41, 5.74) is 2.10. The SMILES string of the molecule is CC/C=C(Cl)\C(=C(/C)Cl)c1cc2cnc(Nc3ccccc3)nc2n(C)c1=O. The second-order valence-electron chi connectivity index (χ2n) is 6.25. The van der Waals surface area contributed by atoms with E-state index in [1.54, 1.807) is 26.2 Å². The number of anilines is 2. The summed E-state index contributed by atoms with van der Waals surface area (Å²) < 4.78 is 1.48. The molecule has 0 aliphatic carbocycles. The molecule has 0 unspecified atom stereocenters. The number of allylic oxidation sites excluding steroid dienone is 4. The van der Waals surface area contributed by atoms with Gasteiger partial charge in [-0.2, -0.15) is 4.98 Å². The van der Waals surface area contributed by atoms with Gasteiger partial charge in [0.2, 0.25) is 5.95 Å². The van der Waals surface area contributed by atoms with Gasteiger partial charge in [-0.05, 0) is 31.5 Å². The van der Waals surface area contributed by atoms with Crippen molar-refractivity contribution in [3.05, 3.63) is 74.7 Å². The molecule has 0 fully saturated rings. The minimum absolute atomic E-state index is 0.227. The summed E-state index contributed by atoms with van der Waals surface area (Å²) in [6, 6.07) is 11.3. The highest BCUT2D eigenvalue weighted by molar-refractivity contribution is 6.41. The molecule has 7 heteroatoms. The molecule has 0 amide bonds. The molecule has 3 aromatic rings. The van der Waals surface area contributed by atoms with Crippen molar-refractivity contribution >= 4 is 51.4 Å². The normalized spacial score (nSPS) is 12.8. The summed E-state index contributed by atoms with van der Waals surface area (Å²) in [6.45, 7) is 3.69. The van der Waals surface area contributed by atoms with Crippen LogP contribution in [-0.2, 0) is 7.05 Å². The van der Waals surface area contributed by atoms with Gasteiger partial charge in [0, 0.05) is 40.0 Å². The maximum atomic E-state index is 13.0. The summed E-state index contributed by atoms with van der Waals surface area (Å²) >= 11 is 12.7. The summed E-state index contributed by atoms with van der Waals surface area (Å²) in [6.07, 6.45) is 4.24. The molecule has 2 aromatic heterocycles. The first-order valence-corrected chi connectivity index (χ1v) is 9.59. The third-order valence-corrected chi connectivity index (χ3v) is 4.75. The van der Waals surface area contributed by atoms with Crippen LogP contribution in [0.4, 0.5) is 11.6 Å². The van der Waals surface area contributed by atoms with E-state index in [2.05, 4.69) is 15.3 Å². The van der Waals surface area contributed by atoms with E-state index in [4.69, 9.17) is 23.2 Å². The Morgan fingerprint density at radius 3 is 2.61 bits per heavy atom. The Labute approximate surface area is 173 Å². The molecule has 5 nitrogen and oxygen atoms in total. The predicted molar refractivity (Wildman–Crippen MR) is 117 cm³/mol. The Morgan fingerprint density at radius 1 is 1.25 bits per heavy atom. The van der Waals surface area contributed by atoms with E-state index in [9.17, 15) is 4.79 Å². The van der Waals surface area contributed by atoms with Crippen molar-refractivity contribution < 1.29 is 0 Å². The topological polar surface area (TPSA) is 59.8 Å². The highest BCUT2D eigenvalue weighted by Crippen LogP contribution is 2.31. The smallest absolute Gasteiger partial charge is 0.259 e. The van der Waals surface area contributed by atoms with Crippen LogP contribution in [0.2, 0.25) is 0 Å². The van der Waals surface area contributed by atoms with Crippen molar-refractivity contribution in [3.63, 3.8) is 0 Å². The van der Waals surface area contributed by atoms with Gasteiger partial charge in [0.1, 0.15) is 5.65 Å². The maximum absolute atomic E-state index is 13.0. The fourth-order valence-corrected chi connectivity index (χ4v) is 3.55. The predicted octanol–water partition coefficient (Wildman–Crippen LogP) is 5.57. The Balaban J connectivity index is 2.13.